The van der Waals surface area contributed by atoms with E-state index in [1.54, 1.807) is 0 Å². The maximum Gasteiger partial charge on any atom is 0.419 e. The van der Waals surface area contributed by atoms with Gasteiger partial charge in [-0.15, -0.1) is 0 Å². The summed E-state index contributed by atoms with van der Waals surface area (Å²) in [5.41, 5.74) is -1.43. The highest BCUT2D eigenvalue weighted by atomic mass is 19.4. The third-order valence-electron chi connectivity index (χ3n) is 11.7. The Morgan fingerprint density at radius 3 is 2.53 bits per heavy atom. The molecule has 5 nitrogen and oxygen atoms in total. The Morgan fingerprint density at radius 2 is 1.82 bits per heavy atom. The third-order valence-corrected chi connectivity index (χ3v) is 11.7. The third kappa shape index (κ3) is 4.76. The molecule has 212 valence electrons. The lowest BCUT2D eigenvalue weighted by Gasteiger charge is -2.57. The molecular formula is C30H44F3N3O2. The zero-order valence-electron chi connectivity index (χ0n) is 22.9. The molecule has 1 aromatic heterocycles. The number of likely N-dealkylation sites (tertiary alicyclic amines) is 1. The van der Waals surface area contributed by atoms with Gasteiger partial charge >= 0.3 is 6.18 Å². The van der Waals surface area contributed by atoms with Crippen LogP contribution in [0.4, 0.5) is 13.2 Å². The predicted octanol–water partition coefficient (Wildman–Crippen LogP) is 5.81. The first-order valence-electron chi connectivity index (χ1n) is 15.0. The molecule has 8 heteroatoms. The van der Waals surface area contributed by atoms with Crippen molar-refractivity contribution in [3.8, 4) is 0 Å². The molecule has 0 radical (unpaired) electrons. The fraction of sp³-hybridized carbons (Fsp3) is 0.867. The second-order valence-corrected chi connectivity index (χ2v) is 14.1. The Kier molecular flexibility index (Phi) is 6.77. The highest BCUT2D eigenvalue weighted by Gasteiger charge is 2.62. The van der Waals surface area contributed by atoms with Gasteiger partial charge < -0.3 is 10.0 Å². The number of aliphatic hydroxyl groups is 1. The van der Waals surface area contributed by atoms with Crippen molar-refractivity contribution in [2.24, 2.45) is 46.8 Å². The van der Waals surface area contributed by atoms with Crippen LogP contribution in [0.2, 0.25) is 0 Å². The molecule has 1 saturated heterocycles. The Morgan fingerprint density at radius 1 is 1.08 bits per heavy atom. The largest absolute Gasteiger partial charge is 0.419 e. The molecule has 38 heavy (non-hydrogen) atoms. The van der Waals surface area contributed by atoms with Crippen LogP contribution in [0.3, 0.4) is 0 Å². The summed E-state index contributed by atoms with van der Waals surface area (Å²) in [4.78, 5) is 16.4. The molecule has 9 atom stereocenters. The molecule has 0 unspecified atom stereocenters. The number of carbonyl (C=O) groups excluding carboxylic acids is 1. The van der Waals surface area contributed by atoms with Gasteiger partial charge in [0, 0.05) is 18.7 Å². The van der Waals surface area contributed by atoms with Crippen molar-refractivity contribution in [3.05, 3.63) is 18.0 Å². The number of fused-ring (bicyclic) bond motifs is 5. The lowest BCUT2D eigenvalue weighted by molar-refractivity contribution is -0.138. The maximum absolute atomic E-state index is 13.8. The first kappa shape index (κ1) is 26.8. The van der Waals surface area contributed by atoms with Gasteiger partial charge in [0.1, 0.15) is 0 Å². The number of halogens is 3. The minimum Gasteiger partial charge on any atom is -0.390 e. The topological polar surface area (TPSA) is 58.4 Å². The van der Waals surface area contributed by atoms with Crippen LogP contribution in [0.5, 0.6) is 0 Å². The van der Waals surface area contributed by atoms with E-state index in [4.69, 9.17) is 0 Å². The number of rotatable bonds is 5. The van der Waals surface area contributed by atoms with Gasteiger partial charge in [-0.05, 0) is 125 Å². The first-order chi connectivity index (χ1) is 17.9. The van der Waals surface area contributed by atoms with E-state index >= 15 is 0 Å². The van der Waals surface area contributed by atoms with Crippen molar-refractivity contribution in [1.82, 2.24) is 14.7 Å². The molecule has 6 rings (SSSR count). The average molecular weight is 536 g/mol. The highest BCUT2D eigenvalue weighted by Crippen LogP contribution is 2.66. The summed E-state index contributed by atoms with van der Waals surface area (Å²) >= 11 is 0. The molecule has 1 N–H and O–H groups in total. The monoisotopic (exact) mass is 535 g/mol. The first-order valence-corrected chi connectivity index (χ1v) is 15.0. The minimum atomic E-state index is -4.45. The van der Waals surface area contributed by atoms with Gasteiger partial charge in [0.15, 0.2) is 5.78 Å². The summed E-state index contributed by atoms with van der Waals surface area (Å²) in [6.07, 6.45) is 8.16. The lowest BCUT2D eigenvalue weighted by Crippen LogP contribution is -2.52. The fourth-order valence-corrected chi connectivity index (χ4v) is 10.2. The highest BCUT2D eigenvalue weighted by molar-refractivity contribution is 5.82. The van der Waals surface area contributed by atoms with Crippen molar-refractivity contribution in [1.29, 1.82) is 0 Å². The zero-order chi connectivity index (χ0) is 26.9. The van der Waals surface area contributed by atoms with E-state index in [0.29, 0.717) is 35.5 Å². The molecule has 0 bridgehead atoms. The van der Waals surface area contributed by atoms with Gasteiger partial charge in [-0.3, -0.25) is 9.48 Å². The summed E-state index contributed by atoms with van der Waals surface area (Å²) < 4.78 is 40.6. The Labute approximate surface area is 224 Å². The molecule has 0 spiro atoms. The standard InChI is InChI=1S/C30H44F3N3O2/c1-28(38)9-7-22-19(14-28)5-6-24-23(22)8-10-29(2)25(13-20(27(24)29)16-35-11-3-4-12-35)26(37)18-36-17-21(15-34-36)30(31,32)33/h15,17,19-20,22-25,27,38H,3-14,16,18H2,1-2H3/t19-,20+,22+,23-,24-,25-,27+,28-,29-/m1/s1. The van der Waals surface area contributed by atoms with Crippen LogP contribution in [0.1, 0.15) is 83.6 Å². The van der Waals surface area contributed by atoms with Crippen LogP contribution in [0.25, 0.3) is 0 Å². The molecule has 2 heterocycles. The van der Waals surface area contributed by atoms with E-state index in [-0.39, 0.29) is 23.7 Å². The van der Waals surface area contributed by atoms with Crippen LogP contribution in [-0.4, -0.2) is 50.8 Å². The molecule has 1 aliphatic heterocycles. The van der Waals surface area contributed by atoms with Gasteiger partial charge in [0.05, 0.1) is 23.9 Å². The van der Waals surface area contributed by atoms with Crippen LogP contribution in [-0.2, 0) is 17.5 Å². The fourth-order valence-electron chi connectivity index (χ4n) is 10.2. The normalized spacial score (nSPS) is 43.5. The Balaban J connectivity index is 1.25. The maximum atomic E-state index is 13.8. The number of aromatic nitrogens is 2. The number of Topliss-reactive ketones (excluding diaryl/α,β-unsaturated/α-hetero) is 1. The van der Waals surface area contributed by atoms with E-state index in [0.717, 1.165) is 70.6 Å². The Bertz CT molecular complexity index is 1030. The predicted molar refractivity (Wildman–Crippen MR) is 138 cm³/mol. The summed E-state index contributed by atoms with van der Waals surface area (Å²) in [5, 5.41) is 14.6. The van der Waals surface area contributed by atoms with Crippen LogP contribution in [0, 0.1) is 46.8 Å². The van der Waals surface area contributed by atoms with Crippen molar-refractivity contribution >= 4 is 5.78 Å². The quantitative estimate of drug-likeness (QED) is 0.517. The summed E-state index contributed by atoms with van der Waals surface area (Å²) in [6.45, 7) is 7.59. The molecule has 4 aliphatic carbocycles. The van der Waals surface area contributed by atoms with Gasteiger partial charge in [-0.25, -0.2) is 0 Å². The van der Waals surface area contributed by atoms with E-state index in [2.05, 4.69) is 16.9 Å². The van der Waals surface area contributed by atoms with Gasteiger partial charge in [-0.2, -0.15) is 18.3 Å². The van der Waals surface area contributed by atoms with Gasteiger partial charge in [0.2, 0.25) is 0 Å². The number of alkyl halides is 3. The molecule has 4 saturated carbocycles. The molecule has 5 aliphatic rings. The SMILES string of the molecule is C[C@@]1(O)CC[C@H]2[C@H](CC[C@@H]3[C@@H]2CC[C@@]2(C)[C@H]3[C@H](CN3CCCC3)C[C@@H]2C(=O)Cn2cc(C(F)(F)F)cn2)C1. The summed E-state index contributed by atoms with van der Waals surface area (Å²) in [7, 11) is 0. The van der Waals surface area contributed by atoms with Crippen LogP contribution in [0.15, 0.2) is 12.4 Å². The Hall–Kier alpha value is -1.41. The lowest BCUT2D eigenvalue weighted by atomic mass is 9.48. The van der Waals surface area contributed by atoms with Crippen molar-refractivity contribution in [2.75, 3.05) is 19.6 Å². The van der Waals surface area contributed by atoms with E-state index in [1.165, 1.54) is 30.4 Å². The van der Waals surface area contributed by atoms with E-state index < -0.39 is 17.3 Å². The van der Waals surface area contributed by atoms with Crippen LogP contribution < -0.4 is 0 Å². The zero-order valence-corrected chi connectivity index (χ0v) is 22.9. The number of hydrogen-bond donors (Lipinski definition) is 1. The molecule has 0 aromatic carbocycles. The van der Waals surface area contributed by atoms with Crippen molar-refractivity contribution in [3.63, 3.8) is 0 Å². The number of carbonyl (C=O) groups is 1. The van der Waals surface area contributed by atoms with Gasteiger partial charge in [0.25, 0.3) is 0 Å². The van der Waals surface area contributed by atoms with Gasteiger partial charge in [-0.1, -0.05) is 6.92 Å². The second kappa shape index (κ2) is 9.60. The molecule has 1 aromatic rings. The van der Waals surface area contributed by atoms with Crippen LogP contribution >= 0.6 is 0 Å². The molecular weight excluding hydrogens is 491 g/mol. The van der Waals surface area contributed by atoms with E-state index in [1.807, 2.05) is 6.92 Å². The smallest absolute Gasteiger partial charge is 0.390 e. The molecule has 0 amide bonds. The number of nitrogens with zero attached hydrogens (tertiary/aromatic N) is 3. The minimum absolute atomic E-state index is 0.0547. The number of ketones is 1. The number of hydrogen-bond acceptors (Lipinski definition) is 4. The summed E-state index contributed by atoms with van der Waals surface area (Å²) in [5.74, 6) is 3.48. The second-order valence-electron chi connectivity index (χ2n) is 14.1. The average Bonchev–Trinajstić information content (AvgIpc) is 3.58. The van der Waals surface area contributed by atoms with Crippen molar-refractivity contribution in [2.45, 2.75) is 96.4 Å². The molecule has 5 fully saturated rings. The van der Waals surface area contributed by atoms with Crippen molar-refractivity contribution < 1.29 is 23.1 Å². The van der Waals surface area contributed by atoms with E-state index in [9.17, 15) is 23.1 Å². The summed E-state index contributed by atoms with van der Waals surface area (Å²) in [6, 6.07) is 0.